The number of carbonyl (C=O) groups is 1. The molecule has 1 aliphatic rings. The van der Waals surface area contributed by atoms with Crippen LogP contribution in [0, 0.1) is 0 Å². The molecule has 0 bridgehead atoms. The number of aromatic nitrogens is 1. The SMILES string of the molecule is COC(=O)c1cccc(-c2ccc([C@@H]3[C@H](c4ccccn4)NC(=S)N3c3ccc(Cl)cc3)o2)c1. The van der Waals surface area contributed by atoms with E-state index >= 15 is 0 Å². The lowest BCUT2D eigenvalue weighted by Gasteiger charge is -2.26. The van der Waals surface area contributed by atoms with Crippen LogP contribution in [0.3, 0.4) is 0 Å². The van der Waals surface area contributed by atoms with E-state index in [-0.39, 0.29) is 12.1 Å². The maximum absolute atomic E-state index is 12.0. The summed E-state index contributed by atoms with van der Waals surface area (Å²) < 4.78 is 11.2. The van der Waals surface area contributed by atoms with Crippen LogP contribution in [0.5, 0.6) is 0 Å². The van der Waals surface area contributed by atoms with Gasteiger partial charge in [-0.3, -0.25) is 4.98 Å². The lowest BCUT2D eigenvalue weighted by atomic mass is 10.0. The lowest BCUT2D eigenvalue weighted by Crippen LogP contribution is -2.29. The second kappa shape index (κ2) is 9.29. The van der Waals surface area contributed by atoms with Crippen LogP contribution in [0.1, 0.15) is 33.9 Å². The molecule has 6 nitrogen and oxygen atoms in total. The number of anilines is 1. The summed E-state index contributed by atoms with van der Waals surface area (Å²) in [6.45, 7) is 0. The minimum Gasteiger partial charge on any atom is -0.465 e. The molecule has 34 heavy (non-hydrogen) atoms. The summed E-state index contributed by atoms with van der Waals surface area (Å²) in [5, 5.41) is 4.61. The maximum Gasteiger partial charge on any atom is 0.337 e. The van der Waals surface area contributed by atoms with Gasteiger partial charge in [-0.05, 0) is 72.9 Å². The summed E-state index contributed by atoms with van der Waals surface area (Å²) >= 11 is 11.9. The van der Waals surface area contributed by atoms with E-state index in [1.807, 2.05) is 65.6 Å². The van der Waals surface area contributed by atoms with Crippen molar-refractivity contribution >= 4 is 40.6 Å². The van der Waals surface area contributed by atoms with Crippen LogP contribution >= 0.6 is 23.8 Å². The Kier molecular flexibility index (Phi) is 6.04. The first kappa shape index (κ1) is 22.1. The van der Waals surface area contributed by atoms with E-state index in [1.165, 1.54) is 7.11 Å². The van der Waals surface area contributed by atoms with Crippen molar-refractivity contribution in [2.24, 2.45) is 0 Å². The fourth-order valence-corrected chi connectivity index (χ4v) is 4.58. The molecule has 0 saturated carbocycles. The molecule has 1 aliphatic heterocycles. The van der Waals surface area contributed by atoms with Crippen LogP contribution in [0.15, 0.2) is 89.5 Å². The predicted octanol–water partition coefficient (Wildman–Crippen LogP) is 5.96. The van der Waals surface area contributed by atoms with E-state index in [0.717, 1.165) is 16.9 Å². The van der Waals surface area contributed by atoms with Crippen LogP contribution in [0.25, 0.3) is 11.3 Å². The molecule has 2 aromatic carbocycles. The Bertz CT molecular complexity index is 1340. The van der Waals surface area contributed by atoms with E-state index in [9.17, 15) is 4.79 Å². The maximum atomic E-state index is 12.0. The molecule has 0 amide bonds. The summed E-state index contributed by atoms with van der Waals surface area (Å²) in [6, 6.07) is 23.7. The zero-order chi connectivity index (χ0) is 23.7. The molecule has 4 aromatic rings. The first-order valence-electron chi connectivity index (χ1n) is 10.6. The number of thiocarbonyl (C=S) groups is 1. The van der Waals surface area contributed by atoms with E-state index in [4.69, 9.17) is 33.0 Å². The average Bonchev–Trinajstić information content (AvgIpc) is 3.49. The number of methoxy groups -OCH3 is 1. The lowest BCUT2D eigenvalue weighted by molar-refractivity contribution is 0.0601. The van der Waals surface area contributed by atoms with Crippen LogP contribution in [0.4, 0.5) is 5.69 Å². The van der Waals surface area contributed by atoms with Crippen molar-refractivity contribution in [2.45, 2.75) is 12.1 Å². The zero-order valence-corrected chi connectivity index (χ0v) is 19.7. The first-order chi connectivity index (χ1) is 16.5. The molecule has 0 spiro atoms. The van der Waals surface area contributed by atoms with Gasteiger partial charge in [0, 0.05) is 22.5 Å². The molecule has 0 unspecified atom stereocenters. The number of nitrogens with zero attached hydrogens (tertiary/aromatic N) is 2. The highest BCUT2D eigenvalue weighted by Crippen LogP contribution is 2.43. The Balaban J connectivity index is 1.57. The second-order valence-corrected chi connectivity index (χ2v) is 8.57. The standard InChI is InChI=1S/C26H20ClN3O3S/c1-32-25(31)17-6-4-5-16(15-17)21-12-13-22(33-21)24-23(20-7-2-3-14-28-20)29-26(34)30(24)19-10-8-18(27)9-11-19/h2-15,23-24H,1H3,(H,29,34)/t23-,24+/m0/s1. The third-order valence-electron chi connectivity index (χ3n) is 5.69. The predicted molar refractivity (Wildman–Crippen MR) is 135 cm³/mol. The van der Waals surface area contributed by atoms with Crippen molar-refractivity contribution in [1.29, 1.82) is 0 Å². The van der Waals surface area contributed by atoms with Crippen LogP contribution in [0.2, 0.25) is 5.02 Å². The average molecular weight is 490 g/mol. The Morgan fingerprint density at radius 3 is 2.65 bits per heavy atom. The number of esters is 1. The fraction of sp³-hybridized carbons (Fsp3) is 0.115. The van der Waals surface area contributed by atoms with Gasteiger partial charge in [-0.25, -0.2) is 4.79 Å². The number of benzene rings is 2. The number of furan rings is 1. The van der Waals surface area contributed by atoms with Gasteiger partial charge in [0.1, 0.15) is 17.6 Å². The molecule has 3 heterocycles. The van der Waals surface area contributed by atoms with Gasteiger partial charge in [-0.2, -0.15) is 0 Å². The van der Waals surface area contributed by atoms with E-state index in [2.05, 4.69) is 10.3 Å². The van der Waals surface area contributed by atoms with Gasteiger partial charge in [-0.15, -0.1) is 0 Å². The number of hydrogen-bond acceptors (Lipinski definition) is 5. The van der Waals surface area contributed by atoms with Gasteiger partial charge >= 0.3 is 5.97 Å². The summed E-state index contributed by atoms with van der Waals surface area (Å²) in [4.78, 5) is 18.5. The number of halogens is 1. The highest BCUT2D eigenvalue weighted by molar-refractivity contribution is 7.80. The molecular formula is C26H20ClN3O3S. The molecule has 1 fully saturated rings. The van der Waals surface area contributed by atoms with Crippen molar-refractivity contribution in [3.8, 4) is 11.3 Å². The minimum atomic E-state index is -0.400. The Labute approximate surface area is 207 Å². The summed E-state index contributed by atoms with van der Waals surface area (Å²) in [7, 11) is 1.36. The third kappa shape index (κ3) is 4.16. The van der Waals surface area contributed by atoms with Crippen molar-refractivity contribution in [3.63, 3.8) is 0 Å². The van der Waals surface area contributed by atoms with Crippen LogP contribution in [-0.2, 0) is 4.74 Å². The molecular weight excluding hydrogens is 470 g/mol. The third-order valence-corrected chi connectivity index (χ3v) is 6.26. The van der Waals surface area contributed by atoms with Gasteiger partial charge in [0.2, 0.25) is 0 Å². The first-order valence-corrected chi connectivity index (χ1v) is 11.4. The largest absolute Gasteiger partial charge is 0.465 e. The van der Waals surface area contributed by atoms with Gasteiger partial charge in [0.05, 0.1) is 24.4 Å². The summed E-state index contributed by atoms with van der Waals surface area (Å²) in [5.41, 5.74) is 2.96. The Morgan fingerprint density at radius 2 is 1.91 bits per heavy atom. The molecule has 170 valence electrons. The summed E-state index contributed by atoms with van der Waals surface area (Å²) in [6.07, 6.45) is 1.76. The van der Waals surface area contributed by atoms with Crippen LogP contribution in [-0.4, -0.2) is 23.2 Å². The highest BCUT2D eigenvalue weighted by atomic mass is 35.5. The number of carbonyl (C=O) groups excluding carboxylic acids is 1. The van der Waals surface area contributed by atoms with Gasteiger partial charge in [0.25, 0.3) is 0 Å². The van der Waals surface area contributed by atoms with Crippen molar-refractivity contribution in [2.75, 3.05) is 12.0 Å². The molecule has 0 aliphatic carbocycles. The van der Waals surface area contributed by atoms with Crippen LogP contribution < -0.4 is 10.2 Å². The molecule has 8 heteroatoms. The topological polar surface area (TPSA) is 67.6 Å². The van der Waals surface area contributed by atoms with Crippen molar-refractivity contribution < 1.29 is 13.9 Å². The number of pyridine rings is 1. The number of ether oxygens (including phenoxy) is 1. The van der Waals surface area contributed by atoms with Gasteiger partial charge in [-0.1, -0.05) is 29.8 Å². The Morgan fingerprint density at radius 1 is 1.09 bits per heavy atom. The van der Waals surface area contributed by atoms with E-state index in [1.54, 1.807) is 24.4 Å². The molecule has 2 atom stereocenters. The molecule has 2 aromatic heterocycles. The number of nitrogens with one attached hydrogen (secondary N) is 1. The Hall–Kier alpha value is -3.68. The minimum absolute atomic E-state index is 0.232. The van der Waals surface area contributed by atoms with Gasteiger partial charge < -0.3 is 19.4 Å². The highest BCUT2D eigenvalue weighted by Gasteiger charge is 2.42. The summed E-state index contributed by atoms with van der Waals surface area (Å²) in [5.74, 6) is 0.939. The van der Waals surface area contributed by atoms with E-state index in [0.29, 0.717) is 27.2 Å². The fourth-order valence-electron chi connectivity index (χ4n) is 4.11. The van der Waals surface area contributed by atoms with Gasteiger partial charge in [0.15, 0.2) is 5.11 Å². The molecule has 0 radical (unpaired) electrons. The smallest absolute Gasteiger partial charge is 0.337 e. The zero-order valence-electron chi connectivity index (χ0n) is 18.1. The molecule has 1 saturated heterocycles. The number of hydrogen-bond donors (Lipinski definition) is 1. The molecule has 5 rings (SSSR count). The van der Waals surface area contributed by atoms with E-state index < -0.39 is 5.97 Å². The van der Waals surface area contributed by atoms with Crippen molar-refractivity contribution in [1.82, 2.24) is 10.3 Å². The molecule has 1 N–H and O–H groups in total. The quantitative estimate of drug-likeness (QED) is 0.274. The number of rotatable bonds is 5. The van der Waals surface area contributed by atoms with Crippen molar-refractivity contribution in [3.05, 3.63) is 107 Å². The monoisotopic (exact) mass is 489 g/mol. The normalized spacial score (nSPS) is 17.5. The second-order valence-electron chi connectivity index (χ2n) is 7.75.